The van der Waals surface area contributed by atoms with Crippen LogP contribution in [0, 0.1) is 0 Å². The molecule has 0 aliphatic rings. The number of hydrogen-bond acceptors (Lipinski definition) is 2. The van der Waals surface area contributed by atoms with Crippen LogP contribution in [0.2, 0.25) is 0 Å². The van der Waals surface area contributed by atoms with Crippen molar-refractivity contribution in [2.45, 2.75) is 0 Å². The van der Waals surface area contributed by atoms with Crippen LogP contribution >= 0.6 is 27.7 Å². The average molecular weight is 219 g/mol. The molecule has 54 valence electrons. The summed E-state index contributed by atoms with van der Waals surface area (Å²) in [5, 5.41) is 0. The van der Waals surface area contributed by atoms with Crippen LogP contribution in [0.5, 0.6) is 0 Å². The van der Waals surface area contributed by atoms with Crippen molar-refractivity contribution in [1.82, 2.24) is 0 Å². The Balaban J connectivity index is 3.98. The highest BCUT2D eigenvalue weighted by molar-refractivity contribution is 9.14. The largest absolute Gasteiger partial charge is 0.505 e. The third-order valence-electron chi connectivity index (χ3n) is 0.729. The third kappa shape index (κ3) is 5.00. The fourth-order valence-corrected chi connectivity index (χ4v) is 0.878. The van der Waals surface area contributed by atoms with Crippen molar-refractivity contribution in [3.05, 3.63) is 21.6 Å². The Labute approximate surface area is 75.4 Å². The van der Waals surface area contributed by atoms with Gasteiger partial charge in [-0.25, -0.2) is 0 Å². The van der Waals surface area contributed by atoms with Gasteiger partial charge in [-0.2, -0.15) is 0 Å². The molecule has 0 aliphatic heterocycles. The minimum Gasteiger partial charge on any atom is -0.505 e. The van der Waals surface area contributed by atoms with E-state index < -0.39 is 0 Å². The molecule has 0 aliphatic carbocycles. The molecule has 0 heterocycles. The van der Waals surface area contributed by atoms with Gasteiger partial charge in [0, 0.05) is 3.81 Å². The van der Waals surface area contributed by atoms with Crippen molar-refractivity contribution in [3.8, 4) is 0 Å². The second-order valence-corrected chi connectivity index (χ2v) is 3.73. The average Bonchev–Trinajstić information content (AvgIpc) is 1.88. The molecule has 0 saturated heterocycles. The molecule has 0 fully saturated rings. The summed E-state index contributed by atoms with van der Waals surface area (Å²) in [6.45, 7) is 0. The Bertz CT molecular complexity index is 156. The molecule has 0 aromatic carbocycles. The molecule has 0 spiro atoms. The maximum atomic E-state index is 5.48. The van der Waals surface area contributed by atoms with Crippen molar-refractivity contribution in [2.75, 3.05) is 13.4 Å². The van der Waals surface area contributed by atoms with Gasteiger partial charge in [-0.05, 0) is 28.3 Å². The van der Waals surface area contributed by atoms with Crippen molar-refractivity contribution in [1.29, 1.82) is 0 Å². The quantitative estimate of drug-likeness (QED) is 0.409. The summed E-state index contributed by atoms with van der Waals surface area (Å²) in [6, 6.07) is 0. The van der Waals surface area contributed by atoms with E-state index in [0.717, 1.165) is 3.81 Å². The Morgan fingerprint density at radius 1 is 1.70 bits per heavy atom. The number of methoxy groups -OCH3 is 1. The Morgan fingerprint density at radius 3 is 2.70 bits per heavy atom. The lowest BCUT2D eigenvalue weighted by molar-refractivity contribution is 0.337. The van der Waals surface area contributed by atoms with E-state index in [1.165, 1.54) is 6.26 Å². The fourth-order valence-electron chi connectivity index (χ4n) is 0.360. The third-order valence-corrected chi connectivity index (χ3v) is 2.44. The van der Waals surface area contributed by atoms with Gasteiger partial charge in [0.2, 0.25) is 0 Å². The molecule has 0 N–H and O–H groups in total. The number of allylic oxidation sites excluding steroid dienone is 2. The number of thioether (sulfide) groups is 1. The van der Waals surface area contributed by atoms with Gasteiger partial charge < -0.3 is 4.74 Å². The van der Waals surface area contributed by atoms with Crippen LogP contribution in [0.3, 0.4) is 0 Å². The molecule has 1 nitrogen and oxygen atoms in total. The van der Waals surface area contributed by atoms with E-state index in [4.69, 9.17) is 7.85 Å². The van der Waals surface area contributed by atoms with Crippen molar-refractivity contribution in [2.24, 2.45) is 0 Å². The van der Waals surface area contributed by atoms with Crippen LogP contribution in [0.15, 0.2) is 21.6 Å². The van der Waals surface area contributed by atoms with Gasteiger partial charge in [-0.15, -0.1) is 11.8 Å². The number of hydrogen-bond donors (Lipinski definition) is 0. The predicted molar refractivity (Wildman–Crippen MR) is 51.4 cm³/mol. The Kier molecular flexibility index (Phi) is 6.03. The molecule has 0 aromatic rings. The normalized spacial score (nSPS) is 13.5. The van der Waals surface area contributed by atoms with Crippen LogP contribution in [-0.2, 0) is 4.74 Å². The van der Waals surface area contributed by atoms with E-state index in [-0.39, 0.29) is 0 Å². The van der Waals surface area contributed by atoms with E-state index >= 15 is 0 Å². The second-order valence-electron chi connectivity index (χ2n) is 1.51. The summed E-state index contributed by atoms with van der Waals surface area (Å²) in [6.07, 6.45) is 5.23. The zero-order chi connectivity index (χ0) is 7.98. The zero-order valence-electron chi connectivity index (χ0n) is 5.93. The molecule has 0 bridgehead atoms. The first kappa shape index (κ1) is 10.2. The van der Waals surface area contributed by atoms with Crippen LogP contribution in [-0.4, -0.2) is 21.2 Å². The summed E-state index contributed by atoms with van der Waals surface area (Å²) < 4.78 is 5.67. The van der Waals surface area contributed by atoms with E-state index in [1.807, 2.05) is 6.26 Å². The standard InChI is InChI=1S/C6H8BBrOS/c1-9-4-5(7)3-6(8)10-2/h3-4H,1-2H3/b5-4-,6-3-. The molecular weight excluding hydrogens is 211 g/mol. The van der Waals surface area contributed by atoms with Gasteiger partial charge in [-0.1, -0.05) is 5.47 Å². The van der Waals surface area contributed by atoms with Gasteiger partial charge >= 0.3 is 0 Å². The number of halogens is 1. The summed E-state index contributed by atoms with van der Waals surface area (Å²) >= 11 is 4.88. The lowest BCUT2D eigenvalue weighted by Crippen LogP contribution is -1.77. The maximum Gasteiger partial charge on any atom is 0.118 e. The second kappa shape index (κ2) is 5.92. The highest BCUT2D eigenvalue weighted by atomic mass is 79.9. The van der Waals surface area contributed by atoms with Crippen molar-refractivity contribution in [3.63, 3.8) is 0 Å². The molecule has 10 heavy (non-hydrogen) atoms. The molecular formula is C6H8BBrOS. The molecule has 2 radical (unpaired) electrons. The molecule has 0 rings (SSSR count). The lowest BCUT2D eigenvalue weighted by Gasteiger charge is -1.94. The Hall–Kier alpha value is 0.175. The minimum absolute atomic E-state index is 0.601. The van der Waals surface area contributed by atoms with E-state index in [0.29, 0.717) is 5.47 Å². The van der Waals surface area contributed by atoms with E-state index in [2.05, 4.69) is 20.7 Å². The summed E-state index contributed by atoms with van der Waals surface area (Å²) in [5.74, 6) is 0. The first-order valence-electron chi connectivity index (χ1n) is 2.60. The molecule has 0 saturated carbocycles. The molecule has 0 unspecified atom stereocenters. The number of rotatable bonds is 3. The molecule has 0 atom stereocenters. The van der Waals surface area contributed by atoms with Gasteiger partial charge in [-0.3, -0.25) is 0 Å². The zero-order valence-corrected chi connectivity index (χ0v) is 8.33. The van der Waals surface area contributed by atoms with E-state index in [9.17, 15) is 0 Å². The molecule has 0 aromatic heterocycles. The maximum absolute atomic E-state index is 5.48. The minimum atomic E-state index is 0.601. The van der Waals surface area contributed by atoms with Crippen LogP contribution in [0.4, 0.5) is 0 Å². The van der Waals surface area contributed by atoms with Gasteiger partial charge in [0.15, 0.2) is 0 Å². The molecule has 0 amide bonds. The smallest absolute Gasteiger partial charge is 0.118 e. The predicted octanol–water partition coefficient (Wildman–Crippen LogP) is 2.24. The summed E-state index contributed by atoms with van der Waals surface area (Å²) in [4.78, 5) is 0. The first-order chi connectivity index (χ1) is 4.70. The van der Waals surface area contributed by atoms with E-state index in [1.54, 1.807) is 24.9 Å². The van der Waals surface area contributed by atoms with Crippen LogP contribution in [0.1, 0.15) is 0 Å². The Morgan fingerprint density at radius 2 is 2.30 bits per heavy atom. The summed E-state index contributed by atoms with van der Waals surface area (Å²) in [5.41, 5.74) is 0.601. The lowest BCUT2D eigenvalue weighted by atomic mass is 9.98. The fraction of sp³-hybridized carbons (Fsp3) is 0.333. The monoisotopic (exact) mass is 218 g/mol. The first-order valence-corrected chi connectivity index (χ1v) is 4.62. The van der Waals surface area contributed by atoms with Gasteiger partial charge in [0.25, 0.3) is 0 Å². The van der Waals surface area contributed by atoms with Gasteiger partial charge in [0.05, 0.1) is 13.4 Å². The topological polar surface area (TPSA) is 9.23 Å². The van der Waals surface area contributed by atoms with Crippen molar-refractivity contribution >= 4 is 35.5 Å². The SMILES string of the molecule is [B]C(=C\OC)/C=C(/Br)SC. The number of ether oxygens (including phenoxy) is 1. The highest BCUT2D eigenvalue weighted by Crippen LogP contribution is 2.19. The van der Waals surface area contributed by atoms with Gasteiger partial charge in [0.1, 0.15) is 7.85 Å². The summed E-state index contributed by atoms with van der Waals surface area (Å²) in [7, 11) is 7.04. The highest BCUT2D eigenvalue weighted by Gasteiger charge is 1.86. The van der Waals surface area contributed by atoms with Crippen LogP contribution in [0.25, 0.3) is 0 Å². The molecule has 4 heteroatoms. The van der Waals surface area contributed by atoms with Crippen LogP contribution < -0.4 is 0 Å². The van der Waals surface area contributed by atoms with Crippen molar-refractivity contribution < 1.29 is 4.74 Å².